The highest BCUT2D eigenvalue weighted by Gasteiger charge is 2.22. The number of nitrogens with two attached hydrogens (primary N) is 1. The van der Waals surface area contributed by atoms with Gasteiger partial charge < -0.3 is 20.7 Å². The summed E-state index contributed by atoms with van der Waals surface area (Å²) in [5.74, 6) is 0.938. The number of hydrogen-bond donors (Lipinski definition) is 3. The smallest absolute Gasteiger partial charge is 0.240 e. The molecule has 170 valence electrons. The normalized spacial score (nSPS) is 16.5. The van der Waals surface area contributed by atoms with E-state index in [4.69, 9.17) is 10.5 Å². The molecule has 3 rings (SSSR count). The van der Waals surface area contributed by atoms with Crippen molar-refractivity contribution >= 4 is 23.5 Å². The van der Waals surface area contributed by atoms with Gasteiger partial charge in [0.05, 0.1) is 12.3 Å². The number of guanidine groups is 1. The SMILES string of the molecule is CC(C)(C)NC(=O)CN1Cc2ccc(OCCCC(=O)NN3CCCC3)cc2N=C1N. The van der Waals surface area contributed by atoms with Crippen molar-refractivity contribution in [2.45, 2.75) is 58.5 Å². The zero-order valence-corrected chi connectivity index (χ0v) is 18.7. The lowest BCUT2D eigenvalue weighted by molar-refractivity contribution is -0.125. The molecule has 2 heterocycles. The lowest BCUT2D eigenvalue weighted by Gasteiger charge is -2.29. The quantitative estimate of drug-likeness (QED) is 0.541. The van der Waals surface area contributed by atoms with Crippen LogP contribution in [0.3, 0.4) is 0 Å². The third-order valence-electron chi connectivity index (χ3n) is 5.03. The average Bonchev–Trinajstić information content (AvgIpc) is 3.17. The Kier molecular flexibility index (Phi) is 7.37. The standard InChI is InChI=1S/C22H34N6O3/c1-22(2,3)25-20(30)15-27-14-16-8-9-17(13-18(16)24-21(27)23)31-12-6-7-19(29)26-28-10-4-5-11-28/h8-9,13H,4-7,10-12,14-15H2,1-3H3,(H2,23,24)(H,25,30)(H,26,29). The van der Waals surface area contributed by atoms with Crippen LogP contribution in [-0.4, -0.2) is 59.5 Å². The lowest BCUT2D eigenvalue weighted by Crippen LogP contribution is -2.49. The molecule has 0 aliphatic carbocycles. The van der Waals surface area contributed by atoms with Gasteiger partial charge in [0.15, 0.2) is 5.96 Å². The molecule has 1 saturated heterocycles. The molecule has 1 fully saturated rings. The number of nitrogens with one attached hydrogen (secondary N) is 2. The molecule has 1 aromatic carbocycles. The molecule has 0 aromatic heterocycles. The minimum Gasteiger partial charge on any atom is -0.494 e. The third kappa shape index (κ3) is 7.13. The number of fused-ring (bicyclic) bond motifs is 1. The molecule has 2 aliphatic heterocycles. The molecular weight excluding hydrogens is 396 g/mol. The fraction of sp³-hybridized carbons (Fsp3) is 0.591. The topological polar surface area (TPSA) is 112 Å². The van der Waals surface area contributed by atoms with Gasteiger partial charge in [0.2, 0.25) is 11.8 Å². The van der Waals surface area contributed by atoms with E-state index in [-0.39, 0.29) is 23.9 Å². The molecule has 1 aromatic rings. The Morgan fingerprint density at radius 1 is 1.19 bits per heavy atom. The van der Waals surface area contributed by atoms with Gasteiger partial charge in [-0.1, -0.05) is 6.07 Å². The molecule has 0 saturated carbocycles. The first-order valence-electron chi connectivity index (χ1n) is 10.9. The van der Waals surface area contributed by atoms with Gasteiger partial charge in [-0.05, 0) is 51.7 Å². The lowest BCUT2D eigenvalue weighted by atomic mass is 10.1. The Morgan fingerprint density at radius 3 is 2.65 bits per heavy atom. The average molecular weight is 431 g/mol. The Bertz CT molecular complexity index is 827. The highest BCUT2D eigenvalue weighted by atomic mass is 16.5. The van der Waals surface area contributed by atoms with Gasteiger partial charge in [-0.2, -0.15) is 0 Å². The van der Waals surface area contributed by atoms with Gasteiger partial charge in [-0.3, -0.25) is 15.0 Å². The minimum absolute atomic E-state index is 0.0314. The van der Waals surface area contributed by atoms with E-state index in [0.717, 1.165) is 37.2 Å². The van der Waals surface area contributed by atoms with E-state index in [2.05, 4.69) is 15.7 Å². The molecule has 2 amide bonds. The maximum absolute atomic E-state index is 12.2. The number of ether oxygens (including phenoxy) is 1. The summed E-state index contributed by atoms with van der Waals surface area (Å²) >= 11 is 0. The van der Waals surface area contributed by atoms with E-state index in [1.165, 1.54) is 0 Å². The summed E-state index contributed by atoms with van der Waals surface area (Å²) in [6.07, 6.45) is 3.34. The summed E-state index contributed by atoms with van der Waals surface area (Å²) in [4.78, 5) is 30.4. The van der Waals surface area contributed by atoms with Crippen molar-refractivity contribution in [2.24, 2.45) is 10.7 Å². The second-order valence-electron chi connectivity index (χ2n) is 9.10. The van der Waals surface area contributed by atoms with Crippen LogP contribution in [0.5, 0.6) is 5.75 Å². The van der Waals surface area contributed by atoms with Crippen LogP contribution in [0, 0.1) is 0 Å². The number of nitrogens with zero attached hydrogens (tertiary/aromatic N) is 3. The maximum atomic E-state index is 12.2. The van der Waals surface area contributed by atoms with Crippen LogP contribution in [0.4, 0.5) is 5.69 Å². The summed E-state index contributed by atoms with van der Waals surface area (Å²) in [5, 5.41) is 4.91. The van der Waals surface area contributed by atoms with Gasteiger partial charge in [-0.15, -0.1) is 0 Å². The molecule has 0 spiro atoms. The number of amides is 2. The summed E-state index contributed by atoms with van der Waals surface area (Å²) in [5.41, 5.74) is 10.4. The molecule has 0 radical (unpaired) electrons. The summed E-state index contributed by atoms with van der Waals surface area (Å²) in [6.45, 7) is 8.80. The maximum Gasteiger partial charge on any atom is 0.240 e. The molecule has 31 heavy (non-hydrogen) atoms. The number of aliphatic imine (C=N–C) groups is 1. The van der Waals surface area contributed by atoms with E-state index in [9.17, 15) is 9.59 Å². The van der Waals surface area contributed by atoms with Gasteiger partial charge in [0.1, 0.15) is 12.3 Å². The van der Waals surface area contributed by atoms with E-state index < -0.39 is 0 Å². The zero-order valence-electron chi connectivity index (χ0n) is 18.7. The molecule has 0 atom stereocenters. The zero-order chi connectivity index (χ0) is 22.4. The Morgan fingerprint density at radius 2 is 1.94 bits per heavy atom. The first-order chi connectivity index (χ1) is 14.7. The predicted octanol–water partition coefficient (Wildman–Crippen LogP) is 1.65. The predicted molar refractivity (Wildman–Crippen MR) is 120 cm³/mol. The van der Waals surface area contributed by atoms with Crippen LogP contribution in [-0.2, 0) is 16.1 Å². The van der Waals surface area contributed by atoms with Crippen LogP contribution < -0.4 is 21.2 Å². The fourth-order valence-corrected chi connectivity index (χ4v) is 3.60. The number of hydrazine groups is 1. The van der Waals surface area contributed by atoms with Crippen LogP contribution in [0.25, 0.3) is 0 Å². The number of carbonyl (C=O) groups is 2. The van der Waals surface area contributed by atoms with E-state index in [0.29, 0.717) is 37.7 Å². The van der Waals surface area contributed by atoms with Gasteiger partial charge >= 0.3 is 0 Å². The van der Waals surface area contributed by atoms with Gasteiger partial charge in [0, 0.05) is 37.7 Å². The summed E-state index contributed by atoms with van der Waals surface area (Å²) < 4.78 is 5.79. The fourth-order valence-electron chi connectivity index (χ4n) is 3.60. The third-order valence-corrected chi connectivity index (χ3v) is 5.03. The number of carbonyl (C=O) groups excluding carboxylic acids is 2. The first kappa shape index (κ1) is 22.9. The molecular formula is C22H34N6O3. The van der Waals surface area contributed by atoms with Crippen molar-refractivity contribution in [2.75, 3.05) is 26.2 Å². The van der Waals surface area contributed by atoms with Crippen LogP contribution >= 0.6 is 0 Å². The van der Waals surface area contributed by atoms with Crippen molar-refractivity contribution in [1.82, 2.24) is 20.7 Å². The number of benzene rings is 1. The van der Waals surface area contributed by atoms with Gasteiger partial charge in [-0.25, -0.2) is 10.0 Å². The van der Waals surface area contributed by atoms with E-state index in [1.807, 2.05) is 44.0 Å². The highest BCUT2D eigenvalue weighted by molar-refractivity contribution is 5.88. The molecule has 4 N–H and O–H groups in total. The molecule has 9 nitrogen and oxygen atoms in total. The summed E-state index contributed by atoms with van der Waals surface area (Å²) in [6, 6.07) is 5.67. The van der Waals surface area contributed by atoms with Crippen molar-refractivity contribution < 1.29 is 14.3 Å². The Labute approximate surface area is 184 Å². The second kappa shape index (κ2) is 10.00. The van der Waals surface area contributed by atoms with E-state index in [1.54, 1.807) is 4.90 Å². The van der Waals surface area contributed by atoms with Gasteiger partial charge in [0.25, 0.3) is 0 Å². The Hall–Kier alpha value is -2.81. The molecule has 0 unspecified atom stereocenters. The monoisotopic (exact) mass is 430 g/mol. The minimum atomic E-state index is -0.294. The van der Waals surface area contributed by atoms with Crippen molar-refractivity contribution in [3.63, 3.8) is 0 Å². The van der Waals surface area contributed by atoms with E-state index >= 15 is 0 Å². The number of rotatable bonds is 8. The number of hydrogen-bond acceptors (Lipinski definition) is 7. The van der Waals surface area contributed by atoms with Crippen LogP contribution in [0.15, 0.2) is 23.2 Å². The summed E-state index contributed by atoms with van der Waals surface area (Å²) in [7, 11) is 0. The largest absolute Gasteiger partial charge is 0.494 e. The van der Waals surface area contributed by atoms with Crippen molar-refractivity contribution in [1.29, 1.82) is 0 Å². The van der Waals surface area contributed by atoms with Crippen LogP contribution in [0.1, 0.15) is 52.0 Å². The highest BCUT2D eigenvalue weighted by Crippen LogP contribution is 2.29. The first-order valence-corrected chi connectivity index (χ1v) is 10.9. The Balaban J connectivity index is 1.46. The van der Waals surface area contributed by atoms with Crippen LogP contribution in [0.2, 0.25) is 0 Å². The molecule has 0 bridgehead atoms. The van der Waals surface area contributed by atoms with Crippen molar-refractivity contribution in [3.05, 3.63) is 23.8 Å². The van der Waals surface area contributed by atoms with Crippen molar-refractivity contribution in [3.8, 4) is 5.75 Å². The molecule has 2 aliphatic rings. The second-order valence-corrected chi connectivity index (χ2v) is 9.10. The molecule has 9 heteroatoms.